The summed E-state index contributed by atoms with van der Waals surface area (Å²) >= 11 is 0. The Bertz CT molecular complexity index is 945. The minimum atomic E-state index is -0.783. The first kappa shape index (κ1) is 27.1. The Balaban J connectivity index is 1.65. The van der Waals surface area contributed by atoms with Gasteiger partial charge in [0.2, 0.25) is 11.8 Å². The Morgan fingerprint density at radius 3 is 2.22 bits per heavy atom. The molecule has 3 fully saturated rings. The number of nitrogens with two attached hydrogens (primary N) is 1. The fraction of sp³-hybridized carbons (Fsp3) is 0.733. The molecule has 3 N–H and O–H groups in total. The van der Waals surface area contributed by atoms with E-state index in [0.717, 1.165) is 51.4 Å². The highest BCUT2D eigenvalue weighted by Crippen LogP contribution is 2.54. The second-order valence-corrected chi connectivity index (χ2v) is 13.3. The third-order valence-electron chi connectivity index (χ3n) is 10.1. The minimum Gasteiger partial charge on any atom is -0.390 e. The third-order valence-corrected chi connectivity index (χ3v) is 10.1. The lowest BCUT2D eigenvalue weighted by atomic mass is 9.60. The van der Waals surface area contributed by atoms with Gasteiger partial charge in [-0.15, -0.1) is 0 Å². The van der Waals surface area contributed by atoms with Crippen molar-refractivity contribution >= 4 is 11.8 Å². The van der Waals surface area contributed by atoms with Crippen LogP contribution in [0.4, 0.5) is 0 Å². The summed E-state index contributed by atoms with van der Waals surface area (Å²) in [6.45, 7) is 6.73. The van der Waals surface area contributed by atoms with Crippen molar-refractivity contribution < 1.29 is 14.7 Å². The van der Waals surface area contributed by atoms with E-state index in [1.165, 1.54) is 5.56 Å². The molecule has 2 aliphatic carbocycles. The molecule has 200 valence electrons. The standard InChI is InChI=1S/C30H47N3O3/c1-22-23(19-29(36)12-9-13-29)18-28(21-33(25(22)34)20-27(2,3)26(31)35)14-16-30(17-15-28,32(4)5)24-10-7-6-8-11-24/h6-8,10-11,22-23,36H,9,12-21H2,1-5H3,(H2,31,35)/t22?,23?,28-,30-. The maximum absolute atomic E-state index is 13.8. The van der Waals surface area contributed by atoms with Crippen LogP contribution in [0.2, 0.25) is 0 Å². The van der Waals surface area contributed by atoms with Gasteiger partial charge in [0.15, 0.2) is 0 Å². The van der Waals surface area contributed by atoms with Crippen molar-refractivity contribution in [3.8, 4) is 0 Å². The molecule has 2 unspecified atom stereocenters. The quantitative estimate of drug-likeness (QED) is 0.588. The van der Waals surface area contributed by atoms with E-state index in [1.807, 2.05) is 25.7 Å². The molecule has 6 nitrogen and oxygen atoms in total. The second-order valence-electron chi connectivity index (χ2n) is 13.3. The van der Waals surface area contributed by atoms with Crippen LogP contribution in [0.3, 0.4) is 0 Å². The Hall–Kier alpha value is -1.92. The molecule has 0 aromatic heterocycles. The number of primary amides is 1. The van der Waals surface area contributed by atoms with Crippen molar-refractivity contribution in [3.05, 3.63) is 35.9 Å². The average Bonchev–Trinajstić information content (AvgIpc) is 2.90. The summed E-state index contributed by atoms with van der Waals surface area (Å²) in [5, 5.41) is 11.1. The largest absolute Gasteiger partial charge is 0.390 e. The van der Waals surface area contributed by atoms with E-state index in [9.17, 15) is 14.7 Å². The summed E-state index contributed by atoms with van der Waals surface area (Å²) in [6.07, 6.45) is 8.48. The molecule has 1 aromatic carbocycles. The molecule has 1 saturated heterocycles. The van der Waals surface area contributed by atoms with Crippen molar-refractivity contribution in [2.75, 3.05) is 27.2 Å². The smallest absolute Gasteiger partial charge is 0.225 e. The van der Waals surface area contributed by atoms with E-state index in [2.05, 4.69) is 49.3 Å². The molecule has 2 saturated carbocycles. The van der Waals surface area contributed by atoms with Crippen LogP contribution in [0.15, 0.2) is 30.3 Å². The molecule has 0 bridgehead atoms. The molecule has 4 rings (SSSR count). The average molecular weight is 498 g/mol. The molecule has 2 atom stereocenters. The second kappa shape index (κ2) is 9.75. The van der Waals surface area contributed by atoms with E-state index < -0.39 is 11.0 Å². The summed E-state index contributed by atoms with van der Waals surface area (Å²) in [7, 11) is 4.36. The fourth-order valence-corrected chi connectivity index (χ4v) is 7.28. The lowest BCUT2D eigenvalue weighted by Crippen LogP contribution is -2.52. The van der Waals surface area contributed by atoms with Crippen molar-refractivity contribution in [1.82, 2.24) is 9.80 Å². The molecular weight excluding hydrogens is 450 g/mol. The van der Waals surface area contributed by atoms with Gasteiger partial charge >= 0.3 is 0 Å². The molecule has 1 aromatic rings. The van der Waals surface area contributed by atoms with Crippen LogP contribution in [0, 0.1) is 22.7 Å². The van der Waals surface area contributed by atoms with E-state index in [0.29, 0.717) is 19.5 Å². The Kier molecular flexibility index (Phi) is 7.35. The summed E-state index contributed by atoms with van der Waals surface area (Å²) in [5.41, 5.74) is 5.65. The van der Waals surface area contributed by atoms with Gasteiger partial charge in [-0.05, 0) is 103 Å². The summed E-state index contributed by atoms with van der Waals surface area (Å²) in [5.74, 6) is -0.289. The number of rotatable bonds is 7. The Morgan fingerprint density at radius 2 is 1.72 bits per heavy atom. The number of carbonyl (C=O) groups excluding carboxylic acids is 2. The predicted molar refractivity (Wildman–Crippen MR) is 143 cm³/mol. The molecule has 1 heterocycles. The monoisotopic (exact) mass is 497 g/mol. The van der Waals surface area contributed by atoms with Crippen molar-refractivity contribution in [1.29, 1.82) is 0 Å². The van der Waals surface area contributed by atoms with Gasteiger partial charge in [-0.2, -0.15) is 0 Å². The summed E-state index contributed by atoms with van der Waals surface area (Å²) < 4.78 is 0. The zero-order valence-corrected chi connectivity index (χ0v) is 23.1. The van der Waals surface area contributed by atoms with Gasteiger partial charge in [-0.3, -0.25) is 14.5 Å². The van der Waals surface area contributed by atoms with Crippen LogP contribution in [0.1, 0.15) is 84.1 Å². The van der Waals surface area contributed by atoms with Crippen LogP contribution in [0.5, 0.6) is 0 Å². The van der Waals surface area contributed by atoms with Gasteiger partial charge in [-0.1, -0.05) is 37.3 Å². The Morgan fingerprint density at radius 1 is 1.11 bits per heavy atom. The zero-order chi connectivity index (χ0) is 26.4. The molecule has 0 radical (unpaired) electrons. The lowest BCUT2D eigenvalue weighted by Gasteiger charge is -2.51. The van der Waals surface area contributed by atoms with E-state index in [1.54, 1.807) is 0 Å². The molecule has 6 heteroatoms. The fourth-order valence-electron chi connectivity index (χ4n) is 7.28. The first-order chi connectivity index (χ1) is 16.8. The van der Waals surface area contributed by atoms with E-state index >= 15 is 0 Å². The molecule has 3 aliphatic rings. The predicted octanol–water partition coefficient (Wildman–Crippen LogP) is 4.31. The van der Waals surface area contributed by atoms with Gasteiger partial charge in [0.05, 0.1) is 11.0 Å². The number of amides is 2. The van der Waals surface area contributed by atoms with E-state index in [4.69, 9.17) is 5.73 Å². The molecule has 36 heavy (non-hydrogen) atoms. The maximum atomic E-state index is 13.8. The number of likely N-dealkylation sites (tertiary alicyclic amines) is 1. The van der Waals surface area contributed by atoms with Crippen LogP contribution >= 0.6 is 0 Å². The highest BCUT2D eigenvalue weighted by Gasteiger charge is 2.52. The Labute approximate surface area is 217 Å². The number of carbonyl (C=O) groups is 2. The topological polar surface area (TPSA) is 86.9 Å². The number of aliphatic hydroxyl groups is 1. The number of nitrogens with zero attached hydrogens (tertiary/aromatic N) is 2. The van der Waals surface area contributed by atoms with Crippen LogP contribution in [0.25, 0.3) is 0 Å². The maximum Gasteiger partial charge on any atom is 0.225 e. The van der Waals surface area contributed by atoms with E-state index in [-0.39, 0.29) is 34.6 Å². The number of benzene rings is 1. The van der Waals surface area contributed by atoms with Gasteiger partial charge in [0, 0.05) is 24.5 Å². The van der Waals surface area contributed by atoms with Gasteiger partial charge in [-0.25, -0.2) is 0 Å². The lowest BCUT2D eigenvalue weighted by molar-refractivity contribution is -0.140. The van der Waals surface area contributed by atoms with Crippen molar-refractivity contribution in [3.63, 3.8) is 0 Å². The highest BCUT2D eigenvalue weighted by atomic mass is 16.3. The van der Waals surface area contributed by atoms with Crippen LogP contribution in [-0.2, 0) is 15.1 Å². The summed E-state index contributed by atoms with van der Waals surface area (Å²) in [4.78, 5) is 30.3. The van der Waals surface area contributed by atoms with Gasteiger partial charge < -0.3 is 15.7 Å². The van der Waals surface area contributed by atoms with Gasteiger partial charge in [0.25, 0.3) is 0 Å². The number of hydrogen-bond donors (Lipinski definition) is 2. The zero-order valence-electron chi connectivity index (χ0n) is 23.1. The van der Waals surface area contributed by atoms with Crippen LogP contribution in [-0.4, -0.2) is 59.5 Å². The molecule has 2 amide bonds. The number of hydrogen-bond acceptors (Lipinski definition) is 4. The SMILES string of the molecule is CC1C(=O)N(CC(C)(C)C(N)=O)C[C@]2(CC[C@](c3ccccc3)(N(C)C)CC2)CC1CC1(O)CCC1. The van der Waals surface area contributed by atoms with Crippen molar-refractivity contribution in [2.24, 2.45) is 28.4 Å². The molecular formula is C30H47N3O3. The summed E-state index contributed by atoms with van der Waals surface area (Å²) in [6, 6.07) is 10.8. The molecule has 1 aliphatic heterocycles. The molecule has 1 spiro atoms. The van der Waals surface area contributed by atoms with Crippen molar-refractivity contribution in [2.45, 2.75) is 89.7 Å². The first-order valence-electron chi connectivity index (χ1n) is 13.9. The third kappa shape index (κ3) is 5.08. The van der Waals surface area contributed by atoms with Crippen LogP contribution < -0.4 is 5.73 Å². The minimum absolute atomic E-state index is 0.0204. The highest BCUT2D eigenvalue weighted by molar-refractivity contribution is 5.83. The first-order valence-corrected chi connectivity index (χ1v) is 13.9. The normalized spacial score (nSPS) is 32.9. The van der Waals surface area contributed by atoms with Gasteiger partial charge in [0.1, 0.15) is 0 Å².